The zero-order valence-corrected chi connectivity index (χ0v) is 21.7. The standard InChI is InChI=1S/C30H31ClN2O3/c1-29(2,3)36-28(35)32-19-17-30(18-20-32)26(23-9-13-24(31)14-10-23)33(27(30)34)25-15-11-22(12-16-25)21-7-5-4-6-8-21/h4-16,26H,17-20H2,1-3H3. The molecule has 5 nitrogen and oxygen atoms in total. The van der Waals surface area contributed by atoms with Crippen LogP contribution in [0.5, 0.6) is 0 Å². The van der Waals surface area contributed by atoms with Crippen LogP contribution >= 0.6 is 11.6 Å². The molecular weight excluding hydrogens is 472 g/mol. The molecule has 0 radical (unpaired) electrons. The number of nitrogens with zero attached hydrogens (tertiary/aromatic N) is 2. The number of β-lactam (4-membered cyclic amide) rings is 1. The van der Waals surface area contributed by atoms with Crippen LogP contribution < -0.4 is 4.90 Å². The van der Waals surface area contributed by atoms with Crippen LogP contribution in [0.4, 0.5) is 10.5 Å². The van der Waals surface area contributed by atoms with E-state index in [1.807, 2.05) is 80.3 Å². The molecule has 0 aliphatic carbocycles. The van der Waals surface area contributed by atoms with Gasteiger partial charge in [-0.3, -0.25) is 4.79 Å². The van der Waals surface area contributed by atoms with E-state index in [0.717, 1.165) is 22.4 Å². The van der Waals surface area contributed by atoms with Crippen molar-refractivity contribution >= 4 is 29.3 Å². The van der Waals surface area contributed by atoms with E-state index < -0.39 is 11.0 Å². The van der Waals surface area contributed by atoms with Crippen molar-refractivity contribution in [1.29, 1.82) is 0 Å². The molecule has 1 unspecified atom stereocenters. The average molecular weight is 503 g/mol. The Bertz CT molecular complexity index is 1240. The molecule has 3 aromatic carbocycles. The molecule has 0 aromatic heterocycles. The number of carbonyl (C=O) groups excluding carboxylic acids is 2. The number of hydrogen-bond acceptors (Lipinski definition) is 3. The molecule has 2 fully saturated rings. The number of halogens is 1. The number of hydrogen-bond donors (Lipinski definition) is 0. The first kappa shape index (κ1) is 24.4. The van der Waals surface area contributed by atoms with Crippen molar-refractivity contribution in [2.45, 2.75) is 45.3 Å². The summed E-state index contributed by atoms with van der Waals surface area (Å²) in [6.07, 6.45) is 0.869. The summed E-state index contributed by atoms with van der Waals surface area (Å²) in [7, 11) is 0. The third-order valence-corrected chi connectivity index (χ3v) is 7.42. The number of ether oxygens (including phenoxy) is 1. The minimum absolute atomic E-state index is 0.110. The third kappa shape index (κ3) is 4.48. The van der Waals surface area contributed by atoms with Crippen molar-refractivity contribution in [3.05, 3.63) is 89.4 Å². The Balaban J connectivity index is 1.42. The van der Waals surface area contributed by atoms with Crippen LogP contribution in [-0.2, 0) is 9.53 Å². The molecule has 2 saturated heterocycles. The lowest BCUT2D eigenvalue weighted by molar-refractivity contribution is -0.144. The van der Waals surface area contributed by atoms with Gasteiger partial charge in [-0.1, -0.05) is 66.2 Å². The lowest BCUT2D eigenvalue weighted by atomic mass is 9.62. The van der Waals surface area contributed by atoms with E-state index >= 15 is 0 Å². The van der Waals surface area contributed by atoms with E-state index in [2.05, 4.69) is 24.3 Å². The molecule has 6 heteroatoms. The van der Waals surface area contributed by atoms with Gasteiger partial charge in [0.05, 0.1) is 11.5 Å². The summed E-state index contributed by atoms with van der Waals surface area (Å²) in [6.45, 7) is 6.58. The first-order valence-electron chi connectivity index (χ1n) is 12.4. The number of rotatable bonds is 3. The summed E-state index contributed by atoms with van der Waals surface area (Å²) >= 11 is 6.18. The number of likely N-dealkylation sites (tertiary alicyclic amines) is 1. The van der Waals surface area contributed by atoms with Crippen LogP contribution in [0.25, 0.3) is 11.1 Å². The highest BCUT2D eigenvalue weighted by Gasteiger charge is 2.62. The van der Waals surface area contributed by atoms with E-state index in [-0.39, 0.29) is 18.0 Å². The van der Waals surface area contributed by atoms with E-state index in [9.17, 15) is 9.59 Å². The zero-order chi connectivity index (χ0) is 25.5. The summed E-state index contributed by atoms with van der Waals surface area (Å²) in [5.41, 5.74) is 3.07. The second-order valence-corrected chi connectivity index (χ2v) is 11.1. The maximum atomic E-state index is 13.8. The fraction of sp³-hybridized carbons (Fsp3) is 0.333. The van der Waals surface area contributed by atoms with E-state index in [1.165, 1.54) is 0 Å². The predicted molar refractivity (Wildman–Crippen MR) is 143 cm³/mol. The quantitative estimate of drug-likeness (QED) is 0.358. The zero-order valence-electron chi connectivity index (χ0n) is 20.9. The van der Waals surface area contributed by atoms with Crippen molar-refractivity contribution in [1.82, 2.24) is 4.90 Å². The highest BCUT2D eigenvalue weighted by Crippen LogP contribution is 2.57. The van der Waals surface area contributed by atoms with Crippen molar-refractivity contribution < 1.29 is 14.3 Å². The van der Waals surface area contributed by atoms with Gasteiger partial charge in [0.1, 0.15) is 5.60 Å². The molecule has 36 heavy (non-hydrogen) atoms. The third-order valence-electron chi connectivity index (χ3n) is 7.17. The van der Waals surface area contributed by atoms with Crippen molar-refractivity contribution in [3.8, 4) is 11.1 Å². The Kier molecular flexibility index (Phi) is 6.29. The largest absolute Gasteiger partial charge is 0.444 e. The lowest BCUT2D eigenvalue weighted by Crippen LogP contribution is -2.67. The molecule has 2 aliphatic rings. The van der Waals surface area contributed by atoms with Crippen LogP contribution in [-0.4, -0.2) is 35.6 Å². The SMILES string of the molecule is CC(C)(C)OC(=O)N1CCC2(CC1)C(=O)N(c1ccc(-c3ccccc3)cc1)C2c1ccc(Cl)cc1. The number of piperidine rings is 1. The van der Waals surface area contributed by atoms with E-state index in [0.29, 0.717) is 31.0 Å². The second-order valence-electron chi connectivity index (χ2n) is 10.7. The van der Waals surface area contributed by atoms with E-state index in [1.54, 1.807) is 4.90 Å². The van der Waals surface area contributed by atoms with Crippen LogP contribution in [0, 0.1) is 5.41 Å². The Morgan fingerprint density at radius 1 is 0.889 bits per heavy atom. The highest BCUT2D eigenvalue weighted by atomic mass is 35.5. The van der Waals surface area contributed by atoms with Gasteiger partial charge in [-0.15, -0.1) is 0 Å². The van der Waals surface area contributed by atoms with Gasteiger partial charge in [0.2, 0.25) is 5.91 Å². The predicted octanol–water partition coefficient (Wildman–Crippen LogP) is 7.11. The fourth-order valence-electron chi connectivity index (χ4n) is 5.38. The Morgan fingerprint density at radius 3 is 2.06 bits per heavy atom. The van der Waals surface area contributed by atoms with Crippen LogP contribution in [0.2, 0.25) is 5.02 Å². The maximum absolute atomic E-state index is 13.8. The monoisotopic (exact) mass is 502 g/mol. The number of carbonyl (C=O) groups is 2. The molecule has 1 spiro atoms. The molecule has 0 saturated carbocycles. The summed E-state index contributed by atoms with van der Waals surface area (Å²) in [5, 5.41) is 0.664. The highest BCUT2D eigenvalue weighted by molar-refractivity contribution is 6.30. The van der Waals surface area contributed by atoms with Gasteiger partial charge in [-0.25, -0.2) is 4.79 Å². The number of amides is 2. The minimum Gasteiger partial charge on any atom is -0.444 e. The van der Waals surface area contributed by atoms with Gasteiger partial charge in [0.25, 0.3) is 0 Å². The minimum atomic E-state index is -0.551. The Labute approximate surface area is 217 Å². The van der Waals surface area contributed by atoms with Crippen molar-refractivity contribution in [2.24, 2.45) is 5.41 Å². The summed E-state index contributed by atoms with van der Waals surface area (Å²) in [4.78, 5) is 30.1. The second kappa shape index (κ2) is 9.29. The Morgan fingerprint density at radius 2 is 1.47 bits per heavy atom. The van der Waals surface area contributed by atoms with Crippen molar-refractivity contribution in [2.75, 3.05) is 18.0 Å². The van der Waals surface area contributed by atoms with Gasteiger partial charge in [-0.05, 0) is 74.6 Å². The molecule has 1 atom stereocenters. The first-order valence-corrected chi connectivity index (χ1v) is 12.8. The summed E-state index contributed by atoms with van der Waals surface area (Å²) in [5.74, 6) is 0.110. The van der Waals surface area contributed by atoms with Crippen LogP contribution in [0.3, 0.4) is 0 Å². The van der Waals surface area contributed by atoms with Crippen LogP contribution in [0.1, 0.15) is 45.2 Å². The Hall–Kier alpha value is -3.31. The number of anilines is 1. The van der Waals surface area contributed by atoms with Gasteiger partial charge < -0.3 is 14.5 Å². The maximum Gasteiger partial charge on any atom is 0.410 e. The molecule has 2 heterocycles. The number of benzene rings is 3. The topological polar surface area (TPSA) is 49.9 Å². The molecule has 5 rings (SSSR count). The van der Waals surface area contributed by atoms with E-state index in [4.69, 9.17) is 16.3 Å². The first-order chi connectivity index (χ1) is 17.2. The molecule has 0 N–H and O–H groups in total. The lowest BCUT2D eigenvalue weighted by Gasteiger charge is -2.59. The average Bonchev–Trinajstić information content (AvgIpc) is 2.87. The molecule has 3 aromatic rings. The smallest absolute Gasteiger partial charge is 0.410 e. The fourth-order valence-corrected chi connectivity index (χ4v) is 5.51. The normalized spacial score (nSPS) is 19.2. The molecule has 2 aliphatic heterocycles. The van der Waals surface area contributed by atoms with Crippen LogP contribution in [0.15, 0.2) is 78.9 Å². The van der Waals surface area contributed by atoms with Crippen molar-refractivity contribution in [3.63, 3.8) is 0 Å². The molecular formula is C30H31ClN2O3. The van der Waals surface area contributed by atoms with Gasteiger partial charge >= 0.3 is 6.09 Å². The summed E-state index contributed by atoms with van der Waals surface area (Å²) < 4.78 is 5.56. The van der Waals surface area contributed by atoms with Gasteiger partial charge in [0.15, 0.2) is 0 Å². The van der Waals surface area contributed by atoms with Gasteiger partial charge in [-0.2, -0.15) is 0 Å². The molecule has 0 bridgehead atoms. The summed E-state index contributed by atoms with van der Waals surface area (Å²) in [6, 6.07) is 26.0. The van der Waals surface area contributed by atoms with Gasteiger partial charge in [0, 0.05) is 23.8 Å². The molecule has 186 valence electrons. The molecule has 2 amide bonds.